The number of hydrogen-bond acceptors (Lipinski definition) is 3. The first-order valence-electron chi connectivity index (χ1n) is 8.45. The Kier molecular flexibility index (Phi) is 6.87. The second kappa shape index (κ2) is 8.91. The minimum Gasteiger partial charge on any atom is -0.355 e. The smallest absolute Gasteiger partial charge is 0.233 e. The van der Waals surface area contributed by atoms with Crippen molar-refractivity contribution >= 4 is 5.91 Å². The largest absolute Gasteiger partial charge is 0.355 e. The molecule has 22 heavy (non-hydrogen) atoms. The highest BCUT2D eigenvalue weighted by atomic mass is 16.1. The SMILES string of the molecule is CCCNC(=O)CNC1CCN(Cc2ccccc2)CC1C. The van der Waals surface area contributed by atoms with Gasteiger partial charge < -0.3 is 10.6 Å². The van der Waals surface area contributed by atoms with Crippen molar-refractivity contribution in [1.82, 2.24) is 15.5 Å². The summed E-state index contributed by atoms with van der Waals surface area (Å²) in [7, 11) is 0. The van der Waals surface area contributed by atoms with Gasteiger partial charge in [-0.1, -0.05) is 44.2 Å². The summed E-state index contributed by atoms with van der Waals surface area (Å²) in [5, 5.41) is 6.34. The van der Waals surface area contributed by atoms with Crippen molar-refractivity contribution in [3.63, 3.8) is 0 Å². The zero-order chi connectivity index (χ0) is 15.8. The number of likely N-dealkylation sites (tertiary alicyclic amines) is 1. The van der Waals surface area contributed by atoms with Crippen LogP contribution in [0.4, 0.5) is 0 Å². The van der Waals surface area contributed by atoms with Gasteiger partial charge in [0.1, 0.15) is 0 Å². The van der Waals surface area contributed by atoms with Crippen LogP contribution in [-0.2, 0) is 11.3 Å². The number of piperidine rings is 1. The van der Waals surface area contributed by atoms with Crippen LogP contribution in [0, 0.1) is 5.92 Å². The third-order valence-corrected chi connectivity index (χ3v) is 4.34. The van der Waals surface area contributed by atoms with Gasteiger partial charge in [0.25, 0.3) is 0 Å². The summed E-state index contributed by atoms with van der Waals surface area (Å²) in [5.74, 6) is 0.678. The number of amides is 1. The molecule has 1 fully saturated rings. The van der Waals surface area contributed by atoms with E-state index in [0.717, 1.165) is 39.0 Å². The van der Waals surface area contributed by atoms with Crippen molar-refractivity contribution in [3.8, 4) is 0 Å². The molecule has 1 aliphatic heterocycles. The zero-order valence-electron chi connectivity index (χ0n) is 13.8. The lowest BCUT2D eigenvalue weighted by molar-refractivity contribution is -0.120. The van der Waals surface area contributed by atoms with Crippen molar-refractivity contribution in [1.29, 1.82) is 0 Å². The van der Waals surface area contributed by atoms with E-state index in [1.165, 1.54) is 5.56 Å². The van der Waals surface area contributed by atoms with Gasteiger partial charge in [-0.2, -0.15) is 0 Å². The van der Waals surface area contributed by atoms with Gasteiger partial charge in [0, 0.05) is 25.7 Å². The monoisotopic (exact) mass is 303 g/mol. The van der Waals surface area contributed by atoms with Gasteiger partial charge in [-0.3, -0.25) is 9.69 Å². The average Bonchev–Trinajstić information content (AvgIpc) is 2.53. The number of nitrogens with zero attached hydrogens (tertiary/aromatic N) is 1. The van der Waals surface area contributed by atoms with Crippen LogP contribution in [0.5, 0.6) is 0 Å². The fourth-order valence-corrected chi connectivity index (χ4v) is 3.07. The van der Waals surface area contributed by atoms with E-state index in [9.17, 15) is 4.79 Å². The highest BCUT2D eigenvalue weighted by Gasteiger charge is 2.25. The molecule has 0 spiro atoms. The molecule has 1 aromatic rings. The number of benzene rings is 1. The summed E-state index contributed by atoms with van der Waals surface area (Å²) < 4.78 is 0. The molecule has 0 saturated carbocycles. The van der Waals surface area contributed by atoms with E-state index in [0.29, 0.717) is 18.5 Å². The molecule has 1 heterocycles. The fourth-order valence-electron chi connectivity index (χ4n) is 3.07. The summed E-state index contributed by atoms with van der Waals surface area (Å²) >= 11 is 0. The van der Waals surface area contributed by atoms with Crippen LogP contribution < -0.4 is 10.6 Å². The van der Waals surface area contributed by atoms with Crippen molar-refractivity contribution in [2.75, 3.05) is 26.2 Å². The Hall–Kier alpha value is -1.39. The molecule has 4 nitrogen and oxygen atoms in total. The molecule has 0 aliphatic carbocycles. The van der Waals surface area contributed by atoms with E-state index in [-0.39, 0.29) is 5.91 Å². The molecular formula is C18H29N3O. The quantitative estimate of drug-likeness (QED) is 0.810. The molecule has 0 bridgehead atoms. The van der Waals surface area contributed by atoms with Crippen LogP contribution in [-0.4, -0.2) is 43.0 Å². The Morgan fingerprint density at radius 1 is 1.32 bits per heavy atom. The van der Waals surface area contributed by atoms with Gasteiger partial charge in [0.05, 0.1) is 6.54 Å². The van der Waals surface area contributed by atoms with E-state index >= 15 is 0 Å². The van der Waals surface area contributed by atoms with Gasteiger partial charge >= 0.3 is 0 Å². The van der Waals surface area contributed by atoms with E-state index < -0.39 is 0 Å². The molecule has 0 radical (unpaired) electrons. The molecule has 1 saturated heterocycles. The molecule has 2 rings (SSSR count). The minimum atomic E-state index is 0.112. The van der Waals surface area contributed by atoms with Gasteiger partial charge in [0.15, 0.2) is 0 Å². The molecule has 122 valence electrons. The number of nitrogens with one attached hydrogen (secondary N) is 2. The third-order valence-electron chi connectivity index (χ3n) is 4.34. The maximum absolute atomic E-state index is 11.7. The van der Waals surface area contributed by atoms with E-state index in [2.05, 4.69) is 59.7 Å². The Labute approximate surface area is 134 Å². The summed E-state index contributed by atoms with van der Waals surface area (Å²) in [5.41, 5.74) is 1.38. The highest BCUT2D eigenvalue weighted by molar-refractivity contribution is 5.77. The Bertz CT molecular complexity index is 449. The first-order valence-corrected chi connectivity index (χ1v) is 8.45. The summed E-state index contributed by atoms with van der Waals surface area (Å²) in [6.07, 6.45) is 2.09. The summed E-state index contributed by atoms with van der Waals surface area (Å²) in [6, 6.07) is 11.1. The molecule has 4 heteroatoms. The Morgan fingerprint density at radius 3 is 2.77 bits per heavy atom. The normalized spacial score (nSPS) is 22.5. The first-order chi connectivity index (χ1) is 10.7. The van der Waals surface area contributed by atoms with Crippen molar-refractivity contribution in [2.45, 2.75) is 39.3 Å². The lowest BCUT2D eigenvalue weighted by Crippen LogP contribution is -2.50. The van der Waals surface area contributed by atoms with E-state index in [4.69, 9.17) is 0 Å². The van der Waals surface area contributed by atoms with E-state index in [1.807, 2.05) is 0 Å². The van der Waals surface area contributed by atoms with Crippen molar-refractivity contribution in [3.05, 3.63) is 35.9 Å². The predicted molar refractivity (Wildman–Crippen MR) is 90.6 cm³/mol. The lowest BCUT2D eigenvalue weighted by atomic mass is 9.93. The molecule has 2 atom stereocenters. The van der Waals surface area contributed by atoms with Crippen LogP contribution in [0.2, 0.25) is 0 Å². The predicted octanol–water partition coefficient (Wildman–Crippen LogP) is 2.01. The second-order valence-corrected chi connectivity index (χ2v) is 6.32. The zero-order valence-corrected chi connectivity index (χ0v) is 13.8. The van der Waals surface area contributed by atoms with Crippen LogP contribution in [0.15, 0.2) is 30.3 Å². The summed E-state index contributed by atoms with van der Waals surface area (Å²) in [6.45, 7) is 8.75. The van der Waals surface area contributed by atoms with E-state index in [1.54, 1.807) is 0 Å². The maximum atomic E-state index is 11.7. The van der Waals surface area contributed by atoms with Crippen molar-refractivity contribution in [2.24, 2.45) is 5.92 Å². The molecule has 2 unspecified atom stereocenters. The summed E-state index contributed by atoms with van der Waals surface area (Å²) in [4.78, 5) is 14.2. The van der Waals surface area contributed by atoms with Crippen LogP contribution in [0.1, 0.15) is 32.3 Å². The number of rotatable bonds is 7. The van der Waals surface area contributed by atoms with Crippen molar-refractivity contribution < 1.29 is 4.79 Å². The van der Waals surface area contributed by atoms with Gasteiger partial charge in [-0.15, -0.1) is 0 Å². The van der Waals surface area contributed by atoms with Gasteiger partial charge in [0.2, 0.25) is 5.91 Å². The second-order valence-electron chi connectivity index (χ2n) is 6.32. The van der Waals surface area contributed by atoms with Crippen LogP contribution >= 0.6 is 0 Å². The van der Waals surface area contributed by atoms with Gasteiger partial charge in [-0.05, 0) is 30.9 Å². The molecule has 0 aromatic heterocycles. The lowest BCUT2D eigenvalue weighted by Gasteiger charge is -2.37. The standard InChI is InChI=1S/C18H29N3O/c1-3-10-19-18(22)12-20-17-9-11-21(13-15(17)2)14-16-7-5-4-6-8-16/h4-8,15,17,20H,3,9-14H2,1-2H3,(H,19,22). The Balaban J connectivity index is 1.72. The average molecular weight is 303 g/mol. The molecular weight excluding hydrogens is 274 g/mol. The number of hydrogen-bond donors (Lipinski definition) is 2. The van der Waals surface area contributed by atoms with Crippen LogP contribution in [0.25, 0.3) is 0 Å². The fraction of sp³-hybridized carbons (Fsp3) is 0.611. The minimum absolute atomic E-state index is 0.112. The molecule has 1 amide bonds. The highest BCUT2D eigenvalue weighted by Crippen LogP contribution is 2.18. The molecule has 1 aliphatic rings. The maximum Gasteiger partial charge on any atom is 0.233 e. The molecule has 1 aromatic carbocycles. The van der Waals surface area contributed by atoms with Crippen LogP contribution in [0.3, 0.4) is 0 Å². The first kappa shape index (κ1) is 17.0. The Morgan fingerprint density at radius 2 is 2.09 bits per heavy atom. The molecule has 2 N–H and O–H groups in total. The third kappa shape index (κ3) is 5.43. The number of carbonyl (C=O) groups excluding carboxylic acids is 1. The topological polar surface area (TPSA) is 44.4 Å². The van der Waals surface area contributed by atoms with Gasteiger partial charge in [-0.25, -0.2) is 0 Å². The number of carbonyl (C=O) groups is 1.